The molecule has 1 spiro atoms. The molecule has 1 atom stereocenters. The summed E-state index contributed by atoms with van der Waals surface area (Å²) < 4.78 is 42.8. The van der Waals surface area contributed by atoms with Crippen LogP contribution in [0.25, 0.3) is 0 Å². The number of ether oxygens (including phenoxy) is 2. The van der Waals surface area contributed by atoms with Crippen LogP contribution < -0.4 is 4.74 Å². The van der Waals surface area contributed by atoms with Crippen LogP contribution in [0.3, 0.4) is 0 Å². The number of piperidine rings is 1. The fourth-order valence-electron chi connectivity index (χ4n) is 4.37. The molecule has 2 saturated heterocycles. The number of amides is 1. The Kier molecular flexibility index (Phi) is 8.91. The van der Waals surface area contributed by atoms with Crippen molar-refractivity contribution in [3.8, 4) is 5.75 Å². The number of carboxylic acids is 1. The molecule has 2 aliphatic heterocycles. The highest BCUT2D eigenvalue weighted by Gasteiger charge is 2.47. The fraction of sp³-hybridized carbons (Fsp3) is 0.636. The smallest absolute Gasteiger partial charge is 0.484 e. The first-order valence-electron chi connectivity index (χ1n) is 10.4. The Morgan fingerprint density at radius 2 is 1.75 bits per heavy atom. The quantitative estimate of drug-likeness (QED) is 0.728. The summed E-state index contributed by atoms with van der Waals surface area (Å²) in [7, 11) is 3.97. The molecular weight excluding hydrogens is 429 g/mol. The van der Waals surface area contributed by atoms with Gasteiger partial charge in [-0.3, -0.25) is 4.79 Å². The van der Waals surface area contributed by atoms with Gasteiger partial charge in [0.15, 0.2) is 6.61 Å². The molecule has 3 rings (SSSR count). The molecule has 2 aliphatic rings. The molecule has 1 aromatic carbocycles. The van der Waals surface area contributed by atoms with E-state index in [2.05, 4.69) is 11.9 Å². The zero-order valence-electron chi connectivity index (χ0n) is 18.7. The van der Waals surface area contributed by atoms with E-state index in [9.17, 15) is 18.0 Å². The second-order valence-electron chi connectivity index (χ2n) is 8.50. The lowest BCUT2D eigenvalue weighted by Crippen LogP contribution is -2.48. The molecule has 2 fully saturated rings. The van der Waals surface area contributed by atoms with Crippen LogP contribution in [0.1, 0.15) is 18.4 Å². The van der Waals surface area contributed by atoms with Crippen molar-refractivity contribution in [3.05, 3.63) is 29.8 Å². The summed E-state index contributed by atoms with van der Waals surface area (Å²) in [6.07, 6.45) is -2.97. The molecule has 1 aromatic rings. The minimum Gasteiger partial charge on any atom is -0.484 e. The van der Waals surface area contributed by atoms with Gasteiger partial charge in [0.1, 0.15) is 5.75 Å². The van der Waals surface area contributed by atoms with Gasteiger partial charge in [-0.2, -0.15) is 13.2 Å². The lowest BCUT2D eigenvalue weighted by Gasteiger charge is -2.42. The number of aliphatic carboxylic acids is 1. The van der Waals surface area contributed by atoms with Crippen LogP contribution in [-0.4, -0.2) is 86.5 Å². The number of nitrogens with zero attached hydrogens (tertiary/aromatic N) is 2. The van der Waals surface area contributed by atoms with Crippen LogP contribution in [0.5, 0.6) is 5.75 Å². The van der Waals surface area contributed by atoms with Crippen molar-refractivity contribution < 1.29 is 37.3 Å². The van der Waals surface area contributed by atoms with Gasteiger partial charge >= 0.3 is 12.1 Å². The molecule has 2 heterocycles. The number of alkyl halides is 3. The number of halogens is 3. The summed E-state index contributed by atoms with van der Waals surface area (Å²) >= 11 is 0. The minimum atomic E-state index is -5.08. The predicted octanol–water partition coefficient (Wildman–Crippen LogP) is 2.82. The lowest BCUT2D eigenvalue weighted by atomic mass is 9.71. The van der Waals surface area contributed by atoms with Crippen molar-refractivity contribution in [2.24, 2.45) is 11.3 Å². The minimum absolute atomic E-state index is 0.0880. The standard InChI is InChI=1S/C20H30N2O3.C2HF3O2/c1-16-4-6-18(7-5-16)25-14-19(23)22-10-8-20(9-11-22)15-21(2)12-17(20)13-24-3;3-2(4,5)1(6)7/h4-7,17H,8-15H2,1-3H3;(H,6,7). The van der Waals surface area contributed by atoms with E-state index < -0.39 is 12.1 Å². The van der Waals surface area contributed by atoms with Crippen LogP contribution in [0.4, 0.5) is 13.2 Å². The first kappa shape index (κ1) is 25.9. The van der Waals surface area contributed by atoms with Gasteiger partial charge < -0.3 is 24.4 Å². The maximum Gasteiger partial charge on any atom is 0.490 e. The maximum absolute atomic E-state index is 12.5. The topological polar surface area (TPSA) is 79.3 Å². The van der Waals surface area contributed by atoms with Gasteiger partial charge in [0.2, 0.25) is 0 Å². The Hall–Kier alpha value is -2.33. The zero-order chi connectivity index (χ0) is 23.9. The number of hydrogen-bond donors (Lipinski definition) is 1. The van der Waals surface area contributed by atoms with Crippen LogP contribution in [0.15, 0.2) is 24.3 Å². The van der Waals surface area contributed by atoms with Crippen molar-refractivity contribution in [3.63, 3.8) is 0 Å². The van der Waals surface area contributed by atoms with Gasteiger partial charge in [-0.15, -0.1) is 0 Å². The second-order valence-corrected chi connectivity index (χ2v) is 8.50. The number of methoxy groups -OCH3 is 1. The van der Waals surface area contributed by atoms with E-state index in [4.69, 9.17) is 19.4 Å². The predicted molar refractivity (Wildman–Crippen MR) is 111 cm³/mol. The van der Waals surface area contributed by atoms with E-state index in [1.54, 1.807) is 7.11 Å². The van der Waals surface area contributed by atoms with Crippen LogP contribution >= 0.6 is 0 Å². The molecule has 7 nitrogen and oxygen atoms in total. The summed E-state index contributed by atoms with van der Waals surface area (Å²) in [5, 5.41) is 7.12. The van der Waals surface area contributed by atoms with E-state index in [1.165, 1.54) is 5.56 Å². The van der Waals surface area contributed by atoms with Gasteiger partial charge in [0.05, 0.1) is 6.61 Å². The van der Waals surface area contributed by atoms with Gasteiger partial charge in [-0.05, 0) is 44.4 Å². The largest absolute Gasteiger partial charge is 0.490 e. The van der Waals surface area contributed by atoms with E-state index in [-0.39, 0.29) is 12.5 Å². The fourth-order valence-corrected chi connectivity index (χ4v) is 4.37. The number of carbonyl (C=O) groups is 2. The molecular formula is C22H31F3N2O5. The third-order valence-electron chi connectivity index (χ3n) is 6.09. The second kappa shape index (κ2) is 11.0. The van der Waals surface area contributed by atoms with Gasteiger partial charge in [0.25, 0.3) is 5.91 Å². The average molecular weight is 460 g/mol. The van der Waals surface area contributed by atoms with Gasteiger partial charge in [-0.1, -0.05) is 17.7 Å². The van der Waals surface area contributed by atoms with Crippen molar-refractivity contribution in [2.45, 2.75) is 25.9 Å². The molecule has 0 aromatic heterocycles. The third kappa shape index (κ3) is 7.09. The van der Waals surface area contributed by atoms with E-state index in [1.807, 2.05) is 36.1 Å². The Labute approximate surface area is 186 Å². The molecule has 32 heavy (non-hydrogen) atoms. The number of carbonyl (C=O) groups excluding carboxylic acids is 1. The summed E-state index contributed by atoms with van der Waals surface area (Å²) in [5.74, 6) is -1.34. The molecule has 0 aliphatic carbocycles. The molecule has 0 saturated carbocycles. The van der Waals surface area contributed by atoms with Crippen LogP contribution in [0, 0.1) is 18.3 Å². The lowest BCUT2D eigenvalue weighted by molar-refractivity contribution is -0.192. The van der Waals surface area contributed by atoms with Gasteiger partial charge in [-0.25, -0.2) is 4.79 Å². The molecule has 1 unspecified atom stereocenters. The van der Waals surface area contributed by atoms with Gasteiger partial charge in [0, 0.05) is 39.2 Å². The van der Waals surface area contributed by atoms with E-state index in [0.29, 0.717) is 11.3 Å². The van der Waals surface area contributed by atoms with Crippen molar-refractivity contribution in [2.75, 3.05) is 53.6 Å². The monoisotopic (exact) mass is 460 g/mol. The number of rotatable bonds is 5. The Balaban J connectivity index is 0.000000451. The Morgan fingerprint density at radius 3 is 2.25 bits per heavy atom. The van der Waals surface area contributed by atoms with E-state index in [0.717, 1.165) is 51.4 Å². The molecule has 0 radical (unpaired) electrons. The van der Waals surface area contributed by atoms with Crippen molar-refractivity contribution in [1.29, 1.82) is 0 Å². The maximum atomic E-state index is 12.5. The molecule has 0 bridgehead atoms. The molecule has 1 N–H and O–H groups in total. The van der Waals surface area contributed by atoms with Crippen molar-refractivity contribution in [1.82, 2.24) is 9.80 Å². The average Bonchev–Trinajstić information content (AvgIpc) is 3.02. The number of likely N-dealkylation sites (tertiary alicyclic amines) is 2. The summed E-state index contributed by atoms with van der Waals surface area (Å²) in [5.41, 5.74) is 1.49. The molecule has 180 valence electrons. The first-order valence-corrected chi connectivity index (χ1v) is 10.4. The third-order valence-corrected chi connectivity index (χ3v) is 6.09. The summed E-state index contributed by atoms with van der Waals surface area (Å²) in [4.78, 5) is 25.7. The summed E-state index contributed by atoms with van der Waals surface area (Å²) in [6.45, 7) is 6.83. The number of hydrogen-bond acceptors (Lipinski definition) is 5. The van der Waals surface area contributed by atoms with E-state index >= 15 is 0 Å². The zero-order valence-corrected chi connectivity index (χ0v) is 18.7. The first-order chi connectivity index (χ1) is 15.0. The van der Waals surface area contributed by atoms with Crippen molar-refractivity contribution >= 4 is 11.9 Å². The number of aryl methyl sites for hydroxylation is 1. The number of carboxylic acid groups (broad SMARTS) is 1. The Bertz CT molecular complexity index is 762. The highest BCUT2D eigenvalue weighted by Crippen LogP contribution is 2.44. The normalized spacial score (nSPS) is 20.6. The van der Waals surface area contributed by atoms with Crippen LogP contribution in [-0.2, 0) is 14.3 Å². The highest BCUT2D eigenvalue weighted by atomic mass is 19.4. The highest BCUT2D eigenvalue weighted by molar-refractivity contribution is 5.77. The molecule has 1 amide bonds. The number of benzene rings is 1. The summed E-state index contributed by atoms with van der Waals surface area (Å²) in [6, 6.07) is 7.82. The van der Waals surface area contributed by atoms with Crippen LogP contribution in [0.2, 0.25) is 0 Å². The molecule has 10 heteroatoms. The Morgan fingerprint density at radius 1 is 1.19 bits per heavy atom. The SMILES string of the molecule is COCC1CN(C)CC12CCN(C(=O)COc1ccc(C)cc1)CC2.O=C(O)C(F)(F)F.